The van der Waals surface area contributed by atoms with Crippen molar-refractivity contribution >= 4 is 12.0 Å². The number of cyclic esters (lactones) is 1. The molecule has 5 nitrogen and oxygen atoms in total. The minimum Gasteiger partial charge on any atom is -0.448 e. The average Bonchev–Trinajstić information content (AvgIpc) is 2.83. The summed E-state index contributed by atoms with van der Waals surface area (Å²) < 4.78 is 18.4. The van der Waals surface area contributed by atoms with Gasteiger partial charge in [-0.1, -0.05) is 18.2 Å². The van der Waals surface area contributed by atoms with Gasteiger partial charge in [-0.25, -0.2) is 9.18 Å². The van der Waals surface area contributed by atoms with Gasteiger partial charge in [-0.15, -0.1) is 0 Å². The van der Waals surface area contributed by atoms with E-state index in [-0.39, 0.29) is 24.8 Å². The van der Waals surface area contributed by atoms with E-state index in [1.54, 1.807) is 18.2 Å². The van der Waals surface area contributed by atoms with Gasteiger partial charge >= 0.3 is 6.09 Å². The second-order valence-corrected chi connectivity index (χ2v) is 4.54. The molecule has 1 fully saturated rings. The fraction of sp³-hybridized carbons (Fsp3) is 0.429. The van der Waals surface area contributed by atoms with E-state index in [4.69, 9.17) is 4.74 Å². The molecule has 2 rings (SSSR count). The Kier molecular flexibility index (Phi) is 4.55. The van der Waals surface area contributed by atoms with Crippen LogP contribution in [0, 0.1) is 5.82 Å². The predicted molar refractivity (Wildman–Crippen MR) is 70.4 cm³/mol. The van der Waals surface area contributed by atoms with Crippen LogP contribution in [-0.2, 0) is 16.1 Å². The molecule has 1 saturated heterocycles. The summed E-state index contributed by atoms with van der Waals surface area (Å²) in [6.07, 6.45) is -0.472. The molecule has 1 heterocycles. The minimum absolute atomic E-state index is 0.0267. The first-order valence-electron chi connectivity index (χ1n) is 6.54. The Bertz CT molecular complexity index is 507. The van der Waals surface area contributed by atoms with E-state index in [9.17, 15) is 14.0 Å². The maximum atomic E-state index is 13.6. The van der Waals surface area contributed by atoms with Crippen LogP contribution in [0.15, 0.2) is 24.3 Å². The molecule has 1 aromatic rings. The van der Waals surface area contributed by atoms with Crippen LogP contribution in [-0.4, -0.2) is 48.0 Å². The normalized spacial score (nSPS) is 14.3. The first kappa shape index (κ1) is 14.3. The molecule has 108 valence electrons. The van der Waals surface area contributed by atoms with Crippen LogP contribution < -0.4 is 0 Å². The summed E-state index contributed by atoms with van der Waals surface area (Å²) in [5, 5.41) is 0. The summed E-state index contributed by atoms with van der Waals surface area (Å²) in [7, 11) is 0. The summed E-state index contributed by atoms with van der Waals surface area (Å²) in [5.74, 6) is -0.547. The van der Waals surface area contributed by atoms with Gasteiger partial charge in [0.1, 0.15) is 19.0 Å². The molecule has 0 N–H and O–H groups in total. The number of carbonyl (C=O) groups excluding carboxylic acids is 2. The van der Waals surface area contributed by atoms with E-state index in [0.717, 1.165) is 0 Å². The molecule has 0 saturated carbocycles. The lowest BCUT2D eigenvalue weighted by molar-refractivity contribution is -0.132. The molecule has 1 aromatic carbocycles. The minimum atomic E-state index is -0.472. The molecule has 2 amide bonds. The summed E-state index contributed by atoms with van der Waals surface area (Å²) in [6.45, 7) is 3.18. The van der Waals surface area contributed by atoms with Crippen LogP contribution in [0.4, 0.5) is 9.18 Å². The Hall–Kier alpha value is -2.11. The molecule has 6 heteroatoms. The van der Waals surface area contributed by atoms with E-state index in [1.165, 1.54) is 15.9 Å². The van der Waals surface area contributed by atoms with Gasteiger partial charge in [-0.2, -0.15) is 0 Å². The summed E-state index contributed by atoms with van der Waals surface area (Å²) in [4.78, 5) is 26.3. The first-order chi connectivity index (χ1) is 9.61. The Morgan fingerprint density at radius 3 is 2.80 bits per heavy atom. The molecule has 1 aliphatic heterocycles. The fourth-order valence-electron chi connectivity index (χ4n) is 2.04. The molecule has 0 aromatic heterocycles. The van der Waals surface area contributed by atoms with Crippen molar-refractivity contribution < 1.29 is 18.7 Å². The number of rotatable bonds is 5. The van der Waals surface area contributed by atoms with Crippen molar-refractivity contribution in [2.24, 2.45) is 0 Å². The third-order valence-corrected chi connectivity index (χ3v) is 3.22. The lowest BCUT2D eigenvalue weighted by Crippen LogP contribution is -2.40. The molecule has 0 atom stereocenters. The quantitative estimate of drug-likeness (QED) is 0.823. The van der Waals surface area contributed by atoms with Crippen molar-refractivity contribution in [3.63, 3.8) is 0 Å². The van der Waals surface area contributed by atoms with Crippen molar-refractivity contribution in [3.05, 3.63) is 35.6 Å². The maximum absolute atomic E-state index is 13.6. The number of hydrogen-bond acceptors (Lipinski definition) is 3. The SMILES string of the molecule is CCN(Cc1ccccc1F)C(=O)CN1CCOC1=O. The van der Waals surface area contributed by atoms with Gasteiger partial charge in [0.05, 0.1) is 6.54 Å². The molecule has 1 aliphatic rings. The first-order valence-corrected chi connectivity index (χ1v) is 6.54. The van der Waals surface area contributed by atoms with E-state index >= 15 is 0 Å². The van der Waals surface area contributed by atoms with Crippen LogP contribution >= 0.6 is 0 Å². The Morgan fingerprint density at radius 2 is 2.20 bits per heavy atom. The molecule has 0 unspecified atom stereocenters. The number of nitrogens with zero attached hydrogens (tertiary/aromatic N) is 2. The lowest BCUT2D eigenvalue weighted by Gasteiger charge is -2.23. The highest BCUT2D eigenvalue weighted by Gasteiger charge is 2.26. The van der Waals surface area contributed by atoms with Crippen LogP contribution in [0.3, 0.4) is 0 Å². The van der Waals surface area contributed by atoms with Gasteiger partial charge in [0.15, 0.2) is 0 Å². The second kappa shape index (κ2) is 6.36. The van der Waals surface area contributed by atoms with E-state index in [0.29, 0.717) is 25.3 Å². The van der Waals surface area contributed by atoms with Crippen LogP contribution in [0.1, 0.15) is 12.5 Å². The number of benzene rings is 1. The zero-order valence-electron chi connectivity index (χ0n) is 11.3. The zero-order chi connectivity index (χ0) is 14.5. The van der Waals surface area contributed by atoms with Gasteiger partial charge in [0.2, 0.25) is 5.91 Å². The molecule has 0 radical (unpaired) electrons. The second-order valence-electron chi connectivity index (χ2n) is 4.54. The average molecular weight is 280 g/mol. The van der Waals surface area contributed by atoms with Gasteiger partial charge in [-0.3, -0.25) is 9.69 Å². The summed E-state index contributed by atoms with van der Waals surface area (Å²) in [6, 6.07) is 6.35. The Balaban J connectivity index is 1.99. The van der Waals surface area contributed by atoms with Crippen molar-refractivity contribution in [1.82, 2.24) is 9.80 Å². The Morgan fingerprint density at radius 1 is 1.45 bits per heavy atom. The number of hydrogen-bond donors (Lipinski definition) is 0. The van der Waals surface area contributed by atoms with Crippen LogP contribution in [0.2, 0.25) is 0 Å². The summed E-state index contributed by atoms with van der Waals surface area (Å²) in [5.41, 5.74) is 0.465. The smallest absolute Gasteiger partial charge is 0.410 e. The molecule has 20 heavy (non-hydrogen) atoms. The van der Waals surface area contributed by atoms with E-state index in [1.807, 2.05) is 6.92 Å². The largest absolute Gasteiger partial charge is 0.448 e. The van der Waals surface area contributed by atoms with Gasteiger partial charge in [0.25, 0.3) is 0 Å². The molecule has 0 bridgehead atoms. The highest BCUT2D eigenvalue weighted by Crippen LogP contribution is 2.11. The number of carbonyl (C=O) groups is 2. The highest BCUT2D eigenvalue weighted by atomic mass is 19.1. The van der Waals surface area contributed by atoms with Crippen molar-refractivity contribution in [2.45, 2.75) is 13.5 Å². The Labute approximate surface area is 116 Å². The molecule has 0 aliphatic carbocycles. The zero-order valence-corrected chi connectivity index (χ0v) is 11.3. The van der Waals surface area contributed by atoms with E-state index in [2.05, 4.69) is 0 Å². The predicted octanol–water partition coefficient (Wildman–Crippen LogP) is 1.63. The fourth-order valence-corrected chi connectivity index (χ4v) is 2.04. The van der Waals surface area contributed by atoms with Gasteiger partial charge < -0.3 is 9.64 Å². The van der Waals surface area contributed by atoms with Crippen molar-refractivity contribution in [3.8, 4) is 0 Å². The van der Waals surface area contributed by atoms with E-state index < -0.39 is 6.09 Å². The third kappa shape index (κ3) is 3.26. The highest BCUT2D eigenvalue weighted by molar-refractivity contribution is 5.82. The maximum Gasteiger partial charge on any atom is 0.410 e. The topological polar surface area (TPSA) is 49.9 Å². The summed E-state index contributed by atoms with van der Waals surface area (Å²) >= 11 is 0. The molecule has 0 spiro atoms. The number of halogens is 1. The van der Waals surface area contributed by atoms with Crippen LogP contribution in [0.5, 0.6) is 0 Å². The third-order valence-electron chi connectivity index (χ3n) is 3.22. The van der Waals surface area contributed by atoms with Gasteiger partial charge in [0, 0.05) is 18.7 Å². The van der Waals surface area contributed by atoms with Crippen molar-refractivity contribution in [2.75, 3.05) is 26.2 Å². The standard InChI is InChI=1S/C14H17FN2O3/c1-2-16(9-11-5-3-4-6-12(11)15)13(18)10-17-7-8-20-14(17)19/h3-6H,2,7-10H2,1H3. The molecular weight excluding hydrogens is 263 g/mol. The number of likely N-dealkylation sites (N-methyl/N-ethyl adjacent to an activating group) is 1. The lowest BCUT2D eigenvalue weighted by atomic mass is 10.2. The molecular formula is C14H17FN2O3. The van der Waals surface area contributed by atoms with Gasteiger partial charge in [-0.05, 0) is 13.0 Å². The van der Waals surface area contributed by atoms with Crippen LogP contribution in [0.25, 0.3) is 0 Å². The van der Waals surface area contributed by atoms with Crippen molar-refractivity contribution in [1.29, 1.82) is 0 Å². The number of amides is 2. The monoisotopic (exact) mass is 280 g/mol. The number of ether oxygens (including phenoxy) is 1.